The normalized spacial score (nSPS) is 20.2. The Labute approximate surface area is 109 Å². The monoisotopic (exact) mass is 247 g/mol. The molecule has 2 rings (SSSR count). The first-order valence-electron chi connectivity index (χ1n) is 6.43. The molecular formula is C15H21NO2. The zero-order chi connectivity index (χ0) is 13.2. The summed E-state index contributed by atoms with van der Waals surface area (Å²) < 4.78 is 5.69. The van der Waals surface area contributed by atoms with Crippen LogP contribution in [0.1, 0.15) is 39.0 Å². The first-order valence-corrected chi connectivity index (χ1v) is 6.43. The fraction of sp³-hybridized carbons (Fsp3) is 0.533. The average molecular weight is 247 g/mol. The number of amides is 1. The SMILES string of the molecule is CC(C)(C)CC(=O)N1CCOC1c1ccccc1. The Bertz CT molecular complexity index is 408. The summed E-state index contributed by atoms with van der Waals surface area (Å²) in [6.07, 6.45) is 0.348. The fourth-order valence-electron chi connectivity index (χ4n) is 2.17. The molecule has 0 bridgehead atoms. The van der Waals surface area contributed by atoms with Crippen LogP contribution in [0.3, 0.4) is 0 Å². The lowest BCUT2D eigenvalue weighted by atomic mass is 9.91. The van der Waals surface area contributed by atoms with Gasteiger partial charge in [-0.05, 0) is 5.41 Å². The maximum atomic E-state index is 12.3. The van der Waals surface area contributed by atoms with Crippen molar-refractivity contribution in [2.45, 2.75) is 33.4 Å². The van der Waals surface area contributed by atoms with Crippen molar-refractivity contribution in [1.29, 1.82) is 0 Å². The summed E-state index contributed by atoms with van der Waals surface area (Å²) in [5.41, 5.74) is 1.07. The highest BCUT2D eigenvalue weighted by atomic mass is 16.5. The van der Waals surface area contributed by atoms with Gasteiger partial charge >= 0.3 is 0 Å². The Hall–Kier alpha value is -1.35. The molecule has 0 radical (unpaired) electrons. The van der Waals surface area contributed by atoms with Gasteiger partial charge in [0, 0.05) is 18.5 Å². The minimum Gasteiger partial charge on any atom is -0.352 e. The van der Waals surface area contributed by atoms with Crippen LogP contribution in [0.15, 0.2) is 30.3 Å². The summed E-state index contributed by atoms with van der Waals surface area (Å²) in [7, 11) is 0. The van der Waals surface area contributed by atoms with Crippen molar-refractivity contribution < 1.29 is 9.53 Å². The lowest BCUT2D eigenvalue weighted by Crippen LogP contribution is -2.33. The molecule has 1 heterocycles. The van der Waals surface area contributed by atoms with Crippen molar-refractivity contribution in [2.75, 3.05) is 13.2 Å². The van der Waals surface area contributed by atoms with Gasteiger partial charge in [-0.1, -0.05) is 51.1 Å². The Morgan fingerprint density at radius 2 is 2.00 bits per heavy atom. The van der Waals surface area contributed by atoms with Gasteiger partial charge in [0.1, 0.15) is 0 Å². The molecule has 1 aromatic carbocycles. The predicted molar refractivity (Wildman–Crippen MR) is 70.9 cm³/mol. The Morgan fingerprint density at radius 3 is 2.61 bits per heavy atom. The zero-order valence-electron chi connectivity index (χ0n) is 11.3. The van der Waals surface area contributed by atoms with Crippen LogP contribution < -0.4 is 0 Å². The Balaban J connectivity index is 2.11. The van der Waals surface area contributed by atoms with Crippen LogP contribution in [0.4, 0.5) is 0 Å². The molecule has 1 atom stereocenters. The van der Waals surface area contributed by atoms with Crippen LogP contribution in [-0.4, -0.2) is 24.0 Å². The molecule has 1 aliphatic heterocycles. The van der Waals surface area contributed by atoms with E-state index < -0.39 is 0 Å². The third kappa shape index (κ3) is 3.10. The zero-order valence-corrected chi connectivity index (χ0v) is 11.3. The number of hydrogen-bond acceptors (Lipinski definition) is 2. The van der Waals surface area contributed by atoms with E-state index in [-0.39, 0.29) is 17.6 Å². The number of ether oxygens (including phenoxy) is 1. The minimum atomic E-state index is -0.207. The first-order chi connectivity index (χ1) is 8.47. The second-order valence-electron chi connectivity index (χ2n) is 5.96. The van der Waals surface area contributed by atoms with Gasteiger partial charge in [0.15, 0.2) is 6.23 Å². The molecule has 1 unspecified atom stereocenters. The molecule has 0 aliphatic carbocycles. The highest BCUT2D eigenvalue weighted by Gasteiger charge is 2.32. The standard InChI is InChI=1S/C15H21NO2/c1-15(2,3)11-13(17)16-9-10-18-14(16)12-7-5-4-6-8-12/h4-8,14H,9-11H2,1-3H3. The van der Waals surface area contributed by atoms with E-state index in [9.17, 15) is 4.79 Å². The molecule has 3 heteroatoms. The van der Waals surface area contributed by atoms with E-state index >= 15 is 0 Å². The van der Waals surface area contributed by atoms with E-state index in [0.717, 1.165) is 5.56 Å². The highest BCUT2D eigenvalue weighted by molar-refractivity contribution is 5.77. The minimum absolute atomic E-state index is 0.0148. The lowest BCUT2D eigenvalue weighted by molar-refractivity contribution is -0.138. The number of hydrogen-bond donors (Lipinski definition) is 0. The van der Waals surface area contributed by atoms with Gasteiger partial charge in [-0.3, -0.25) is 4.79 Å². The summed E-state index contributed by atoms with van der Waals surface area (Å²) >= 11 is 0. The summed E-state index contributed by atoms with van der Waals surface area (Å²) in [4.78, 5) is 14.1. The molecule has 3 nitrogen and oxygen atoms in total. The van der Waals surface area contributed by atoms with Gasteiger partial charge in [0.25, 0.3) is 0 Å². The maximum absolute atomic E-state index is 12.3. The number of carbonyl (C=O) groups is 1. The van der Waals surface area contributed by atoms with Crippen LogP contribution in [-0.2, 0) is 9.53 Å². The molecule has 1 amide bonds. The van der Waals surface area contributed by atoms with Gasteiger partial charge in [-0.2, -0.15) is 0 Å². The molecule has 0 spiro atoms. The predicted octanol–water partition coefficient (Wildman–Crippen LogP) is 2.98. The third-order valence-electron chi connectivity index (χ3n) is 2.98. The molecule has 1 aromatic rings. The van der Waals surface area contributed by atoms with Crippen LogP contribution in [0.5, 0.6) is 0 Å². The van der Waals surface area contributed by atoms with Gasteiger partial charge in [0.2, 0.25) is 5.91 Å². The van der Waals surface area contributed by atoms with E-state index in [4.69, 9.17) is 4.74 Å². The summed E-state index contributed by atoms with van der Waals surface area (Å²) in [6.45, 7) is 7.56. The Kier molecular flexibility index (Phi) is 3.71. The number of carbonyl (C=O) groups excluding carboxylic acids is 1. The number of nitrogens with zero attached hydrogens (tertiary/aromatic N) is 1. The van der Waals surface area contributed by atoms with Gasteiger partial charge in [-0.15, -0.1) is 0 Å². The van der Waals surface area contributed by atoms with Crippen LogP contribution >= 0.6 is 0 Å². The van der Waals surface area contributed by atoms with E-state index in [1.54, 1.807) is 0 Å². The smallest absolute Gasteiger partial charge is 0.225 e. The van der Waals surface area contributed by atoms with Crippen molar-refractivity contribution in [2.24, 2.45) is 5.41 Å². The van der Waals surface area contributed by atoms with Crippen LogP contribution in [0.2, 0.25) is 0 Å². The molecule has 1 aliphatic rings. The molecule has 98 valence electrons. The fourth-order valence-corrected chi connectivity index (χ4v) is 2.17. The van der Waals surface area contributed by atoms with Crippen molar-refractivity contribution in [3.63, 3.8) is 0 Å². The van der Waals surface area contributed by atoms with Gasteiger partial charge < -0.3 is 9.64 Å². The van der Waals surface area contributed by atoms with Gasteiger partial charge in [0.05, 0.1) is 6.61 Å². The Morgan fingerprint density at radius 1 is 1.33 bits per heavy atom. The topological polar surface area (TPSA) is 29.5 Å². The molecule has 0 saturated carbocycles. The van der Waals surface area contributed by atoms with E-state index in [0.29, 0.717) is 19.6 Å². The molecule has 18 heavy (non-hydrogen) atoms. The second-order valence-corrected chi connectivity index (χ2v) is 5.96. The molecular weight excluding hydrogens is 226 g/mol. The third-order valence-corrected chi connectivity index (χ3v) is 2.98. The molecule has 1 saturated heterocycles. The van der Waals surface area contributed by atoms with Crippen molar-refractivity contribution in [3.8, 4) is 0 Å². The van der Waals surface area contributed by atoms with E-state index in [1.165, 1.54) is 0 Å². The second kappa shape index (κ2) is 5.11. The summed E-state index contributed by atoms with van der Waals surface area (Å²) in [5, 5.41) is 0. The van der Waals surface area contributed by atoms with Crippen molar-refractivity contribution in [1.82, 2.24) is 4.90 Å². The molecule has 0 aromatic heterocycles. The molecule has 0 N–H and O–H groups in total. The summed E-state index contributed by atoms with van der Waals surface area (Å²) in [6, 6.07) is 9.94. The quantitative estimate of drug-likeness (QED) is 0.804. The van der Waals surface area contributed by atoms with E-state index in [1.807, 2.05) is 35.2 Å². The average Bonchev–Trinajstić information content (AvgIpc) is 2.76. The van der Waals surface area contributed by atoms with E-state index in [2.05, 4.69) is 20.8 Å². The highest BCUT2D eigenvalue weighted by Crippen LogP contribution is 2.29. The largest absolute Gasteiger partial charge is 0.352 e. The number of benzene rings is 1. The maximum Gasteiger partial charge on any atom is 0.225 e. The molecule has 1 fully saturated rings. The van der Waals surface area contributed by atoms with Gasteiger partial charge in [-0.25, -0.2) is 0 Å². The number of rotatable bonds is 2. The van der Waals surface area contributed by atoms with Crippen LogP contribution in [0, 0.1) is 5.41 Å². The van der Waals surface area contributed by atoms with Crippen LogP contribution in [0.25, 0.3) is 0 Å². The summed E-state index contributed by atoms with van der Waals surface area (Å²) in [5.74, 6) is 0.175. The van der Waals surface area contributed by atoms with Crippen molar-refractivity contribution >= 4 is 5.91 Å². The van der Waals surface area contributed by atoms with Crippen molar-refractivity contribution in [3.05, 3.63) is 35.9 Å². The lowest BCUT2D eigenvalue weighted by Gasteiger charge is -2.27. The first kappa shape index (κ1) is 13.1.